The van der Waals surface area contributed by atoms with E-state index in [2.05, 4.69) is 48.7 Å². The van der Waals surface area contributed by atoms with Gasteiger partial charge < -0.3 is 10.2 Å². The van der Waals surface area contributed by atoms with Gasteiger partial charge in [0.1, 0.15) is 0 Å². The van der Waals surface area contributed by atoms with Gasteiger partial charge in [0.2, 0.25) is 11.8 Å². The van der Waals surface area contributed by atoms with E-state index in [0.29, 0.717) is 13.1 Å². The lowest BCUT2D eigenvalue weighted by molar-refractivity contribution is -0.138. The van der Waals surface area contributed by atoms with E-state index in [9.17, 15) is 9.59 Å². The number of nitrogens with zero attached hydrogens (tertiary/aromatic N) is 1. The molecule has 0 spiro atoms. The van der Waals surface area contributed by atoms with Crippen molar-refractivity contribution in [1.82, 2.24) is 4.90 Å². The lowest BCUT2D eigenvalue weighted by atomic mass is 9.90. The molecule has 2 amide bonds. The third-order valence-corrected chi connectivity index (χ3v) is 6.30. The molecule has 1 N–H and O–H groups in total. The highest BCUT2D eigenvalue weighted by molar-refractivity contribution is 5.93. The Morgan fingerprint density at radius 1 is 0.900 bits per heavy atom. The van der Waals surface area contributed by atoms with Crippen molar-refractivity contribution in [3.8, 4) is 11.1 Å². The number of likely N-dealkylation sites (tertiary alicyclic amines) is 1. The summed E-state index contributed by atoms with van der Waals surface area (Å²) >= 11 is 0. The number of nitrogens with one attached hydrogen (secondary N) is 1. The largest absolute Gasteiger partial charge is 0.342 e. The number of anilines is 1. The second-order valence-electron chi connectivity index (χ2n) is 8.52. The molecule has 1 aliphatic heterocycles. The number of hydrogen-bond acceptors (Lipinski definition) is 2. The molecule has 0 bridgehead atoms. The molecule has 1 saturated heterocycles. The van der Waals surface area contributed by atoms with Gasteiger partial charge in [-0.05, 0) is 62.3 Å². The Labute approximate surface area is 179 Å². The van der Waals surface area contributed by atoms with Gasteiger partial charge in [0.15, 0.2) is 0 Å². The summed E-state index contributed by atoms with van der Waals surface area (Å²) in [6.45, 7) is 3.45. The van der Waals surface area contributed by atoms with E-state index < -0.39 is 0 Å². The molecule has 2 aromatic rings. The van der Waals surface area contributed by atoms with Crippen molar-refractivity contribution < 1.29 is 9.59 Å². The highest BCUT2D eigenvalue weighted by Gasteiger charge is 2.30. The van der Waals surface area contributed by atoms with Gasteiger partial charge >= 0.3 is 0 Å². The average molecular weight is 403 g/mol. The summed E-state index contributed by atoms with van der Waals surface area (Å²) in [6.07, 6.45) is 8.57. The maximum atomic E-state index is 12.7. The van der Waals surface area contributed by atoms with Gasteiger partial charge in [0.05, 0.1) is 0 Å². The summed E-state index contributed by atoms with van der Waals surface area (Å²) < 4.78 is 0. The molecule has 1 fully saturated rings. The predicted molar refractivity (Wildman–Crippen MR) is 121 cm³/mol. The van der Waals surface area contributed by atoms with Crippen LogP contribution in [0.3, 0.4) is 0 Å². The fourth-order valence-corrected chi connectivity index (χ4v) is 4.45. The van der Waals surface area contributed by atoms with E-state index in [-0.39, 0.29) is 23.7 Å². The first-order valence-corrected chi connectivity index (χ1v) is 11.0. The van der Waals surface area contributed by atoms with Crippen molar-refractivity contribution in [3.05, 3.63) is 66.2 Å². The number of aryl methyl sites for hydroxylation is 1. The minimum atomic E-state index is -0.0308. The maximum Gasteiger partial charge on any atom is 0.227 e. The zero-order valence-electron chi connectivity index (χ0n) is 17.6. The van der Waals surface area contributed by atoms with Crippen LogP contribution in [0.5, 0.6) is 0 Å². The number of carbonyl (C=O) groups is 2. The molecule has 2 aliphatic rings. The molecular weight excluding hydrogens is 372 g/mol. The van der Waals surface area contributed by atoms with Crippen LogP contribution in [0.25, 0.3) is 11.1 Å². The van der Waals surface area contributed by atoms with Crippen LogP contribution in [0.2, 0.25) is 0 Å². The highest BCUT2D eigenvalue weighted by atomic mass is 16.2. The second kappa shape index (κ2) is 9.29. The molecule has 156 valence electrons. The van der Waals surface area contributed by atoms with Gasteiger partial charge in [-0.25, -0.2) is 0 Å². The van der Waals surface area contributed by atoms with Gasteiger partial charge in [-0.15, -0.1) is 0 Å². The topological polar surface area (TPSA) is 49.4 Å². The quantitative estimate of drug-likeness (QED) is 0.715. The van der Waals surface area contributed by atoms with Crippen LogP contribution in [-0.2, 0) is 9.59 Å². The number of hydrogen-bond donors (Lipinski definition) is 1. The Morgan fingerprint density at radius 2 is 1.67 bits per heavy atom. The minimum Gasteiger partial charge on any atom is -0.342 e. The first kappa shape index (κ1) is 20.4. The highest BCUT2D eigenvalue weighted by Crippen LogP contribution is 2.26. The lowest BCUT2D eigenvalue weighted by Crippen LogP contribution is -2.44. The third kappa shape index (κ3) is 4.81. The van der Waals surface area contributed by atoms with Crippen molar-refractivity contribution in [2.75, 3.05) is 18.4 Å². The Bertz CT molecular complexity index is 924. The van der Waals surface area contributed by atoms with Crippen molar-refractivity contribution in [1.29, 1.82) is 0 Å². The maximum absolute atomic E-state index is 12.7. The summed E-state index contributed by atoms with van der Waals surface area (Å²) in [6, 6.07) is 16.4. The molecule has 1 aliphatic carbocycles. The standard InChI is InChI=1S/C26H30N2O2/c1-19-6-5-9-23(18-19)20-10-12-24(13-11-20)27-25(29)21-14-16-28(17-15-21)26(30)22-7-3-2-4-8-22/h2-3,5-6,9-13,18,21-22H,4,7-8,14-17H2,1H3,(H,27,29)/t22-/m1/s1. The average Bonchev–Trinajstić information content (AvgIpc) is 2.80. The Kier molecular flexibility index (Phi) is 6.32. The van der Waals surface area contributed by atoms with Gasteiger partial charge in [-0.1, -0.05) is 54.1 Å². The SMILES string of the molecule is Cc1cccc(-c2ccc(NC(=O)C3CCN(C(=O)[C@@H]4CC=CCC4)CC3)cc2)c1. The molecule has 4 rings (SSSR count). The van der Waals surface area contributed by atoms with Crippen LogP contribution in [-0.4, -0.2) is 29.8 Å². The van der Waals surface area contributed by atoms with Crippen molar-refractivity contribution in [2.24, 2.45) is 11.8 Å². The van der Waals surface area contributed by atoms with E-state index in [1.54, 1.807) is 0 Å². The fraction of sp³-hybridized carbons (Fsp3) is 0.385. The zero-order valence-corrected chi connectivity index (χ0v) is 17.6. The molecule has 1 atom stereocenters. The van der Waals surface area contributed by atoms with E-state index >= 15 is 0 Å². The molecule has 4 nitrogen and oxygen atoms in total. The number of piperidine rings is 1. The van der Waals surface area contributed by atoms with Crippen LogP contribution in [0, 0.1) is 18.8 Å². The summed E-state index contributed by atoms with van der Waals surface area (Å²) in [5, 5.41) is 3.06. The Balaban J connectivity index is 1.29. The third-order valence-electron chi connectivity index (χ3n) is 6.30. The summed E-state index contributed by atoms with van der Waals surface area (Å²) in [5.41, 5.74) is 4.37. The smallest absolute Gasteiger partial charge is 0.227 e. The van der Waals surface area contributed by atoms with Crippen LogP contribution in [0.15, 0.2) is 60.7 Å². The predicted octanol–water partition coefficient (Wildman–Crippen LogP) is 5.20. The molecule has 30 heavy (non-hydrogen) atoms. The van der Waals surface area contributed by atoms with Crippen LogP contribution < -0.4 is 5.32 Å². The molecule has 2 aromatic carbocycles. The number of carbonyl (C=O) groups excluding carboxylic acids is 2. The summed E-state index contributed by atoms with van der Waals surface area (Å²) in [4.78, 5) is 27.4. The number of rotatable bonds is 4. The van der Waals surface area contributed by atoms with E-state index in [1.807, 2.05) is 29.2 Å². The van der Waals surface area contributed by atoms with Crippen LogP contribution >= 0.6 is 0 Å². The Hall–Kier alpha value is -2.88. The van der Waals surface area contributed by atoms with Gasteiger partial charge in [0, 0.05) is 30.6 Å². The number of amides is 2. The molecule has 0 radical (unpaired) electrons. The number of allylic oxidation sites excluding steroid dienone is 2. The lowest BCUT2D eigenvalue weighted by Gasteiger charge is -2.34. The molecule has 1 heterocycles. The van der Waals surface area contributed by atoms with E-state index in [0.717, 1.165) is 43.4 Å². The first-order chi connectivity index (χ1) is 14.6. The van der Waals surface area contributed by atoms with Crippen LogP contribution in [0.1, 0.15) is 37.7 Å². The normalized spacial score (nSPS) is 19.5. The molecule has 0 aromatic heterocycles. The minimum absolute atomic E-state index is 0.0308. The number of benzene rings is 2. The van der Waals surface area contributed by atoms with Crippen LogP contribution in [0.4, 0.5) is 5.69 Å². The van der Waals surface area contributed by atoms with E-state index in [1.165, 1.54) is 11.1 Å². The Morgan fingerprint density at radius 3 is 2.33 bits per heavy atom. The zero-order chi connectivity index (χ0) is 20.9. The van der Waals surface area contributed by atoms with Gasteiger partial charge in [-0.2, -0.15) is 0 Å². The van der Waals surface area contributed by atoms with Gasteiger partial charge in [-0.3, -0.25) is 9.59 Å². The van der Waals surface area contributed by atoms with Crippen molar-refractivity contribution >= 4 is 17.5 Å². The van der Waals surface area contributed by atoms with Crippen molar-refractivity contribution in [3.63, 3.8) is 0 Å². The van der Waals surface area contributed by atoms with Gasteiger partial charge in [0.25, 0.3) is 0 Å². The molecular formula is C26H30N2O2. The second-order valence-corrected chi connectivity index (χ2v) is 8.52. The summed E-state index contributed by atoms with van der Waals surface area (Å²) in [5.74, 6) is 0.431. The summed E-state index contributed by atoms with van der Waals surface area (Å²) in [7, 11) is 0. The molecule has 4 heteroatoms. The molecule has 0 saturated carbocycles. The van der Waals surface area contributed by atoms with E-state index in [4.69, 9.17) is 0 Å². The fourth-order valence-electron chi connectivity index (χ4n) is 4.45. The first-order valence-electron chi connectivity index (χ1n) is 11.0. The monoisotopic (exact) mass is 402 g/mol. The molecule has 0 unspecified atom stereocenters. The van der Waals surface area contributed by atoms with Crippen molar-refractivity contribution in [2.45, 2.75) is 39.0 Å².